The molecule has 0 bridgehead atoms. The Labute approximate surface area is 182 Å². The first-order valence-electron chi connectivity index (χ1n) is 9.42. The maximum atomic E-state index is 13.6. The molecule has 4 rings (SSSR count). The van der Waals surface area contributed by atoms with Crippen molar-refractivity contribution in [3.05, 3.63) is 93.0 Å². The molecule has 0 N–H and O–H groups in total. The number of rotatable bonds is 6. The molecule has 0 saturated heterocycles. The number of imide groups is 1. The summed E-state index contributed by atoms with van der Waals surface area (Å²) in [5, 5.41) is 1.72. The fourth-order valence-electron chi connectivity index (χ4n) is 3.47. The lowest BCUT2D eigenvalue weighted by molar-refractivity contribution is -0.120. The summed E-state index contributed by atoms with van der Waals surface area (Å²) in [7, 11) is 0. The van der Waals surface area contributed by atoms with Crippen LogP contribution in [0.4, 0.5) is 10.1 Å². The van der Waals surface area contributed by atoms with E-state index in [2.05, 4.69) is 0 Å². The van der Waals surface area contributed by atoms with Gasteiger partial charge in [0.2, 0.25) is 0 Å². The number of nitrogens with zero attached hydrogens (tertiary/aromatic N) is 2. The zero-order chi connectivity index (χ0) is 21.3. The van der Waals surface area contributed by atoms with Gasteiger partial charge in [0.1, 0.15) is 11.5 Å². The number of hydrogen-bond donors (Lipinski definition) is 0. The minimum Gasteiger partial charge on any atom is -0.362 e. The zero-order valence-corrected chi connectivity index (χ0v) is 17.7. The lowest BCUT2D eigenvalue weighted by atomic mass is 10.1. The van der Waals surface area contributed by atoms with Crippen LogP contribution in [0.2, 0.25) is 5.02 Å². The van der Waals surface area contributed by atoms with Crippen molar-refractivity contribution >= 4 is 46.0 Å². The van der Waals surface area contributed by atoms with Gasteiger partial charge >= 0.3 is 0 Å². The molecule has 7 heteroatoms. The molecule has 4 nitrogen and oxygen atoms in total. The van der Waals surface area contributed by atoms with Crippen molar-refractivity contribution < 1.29 is 14.0 Å². The van der Waals surface area contributed by atoms with Gasteiger partial charge in [0.05, 0.1) is 16.3 Å². The standard InChI is InChI=1S/C23H18ClFN2O2S/c1-2-26(14-15-7-4-3-5-8-15)21-20(19-9-6-12-30-19)22(28)27(23(21)29)16-10-11-18(25)17(24)13-16/h3-13H,2,14H2,1H3. The predicted octanol–water partition coefficient (Wildman–Crippen LogP) is 5.35. The molecule has 1 aliphatic rings. The molecular weight excluding hydrogens is 423 g/mol. The Morgan fingerprint density at radius 2 is 1.80 bits per heavy atom. The Hall–Kier alpha value is -2.96. The van der Waals surface area contributed by atoms with Gasteiger partial charge in [-0.25, -0.2) is 9.29 Å². The van der Waals surface area contributed by atoms with Crippen LogP contribution >= 0.6 is 22.9 Å². The monoisotopic (exact) mass is 440 g/mol. The van der Waals surface area contributed by atoms with Crippen LogP contribution in [0.15, 0.2) is 71.7 Å². The molecule has 0 saturated carbocycles. The quantitative estimate of drug-likeness (QED) is 0.485. The van der Waals surface area contributed by atoms with Crippen LogP contribution in [-0.4, -0.2) is 23.3 Å². The summed E-state index contributed by atoms with van der Waals surface area (Å²) in [4.78, 5) is 30.6. The molecule has 0 atom stereocenters. The van der Waals surface area contributed by atoms with Crippen LogP contribution in [0.1, 0.15) is 17.4 Å². The average Bonchev–Trinajstić information content (AvgIpc) is 3.35. The van der Waals surface area contributed by atoms with E-state index in [4.69, 9.17) is 11.6 Å². The van der Waals surface area contributed by atoms with Crippen molar-refractivity contribution in [1.82, 2.24) is 4.90 Å². The van der Waals surface area contributed by atoms with Gasteiger partial charge in [0.15, 0.2) is 0 Å². The molecule has 0 radical (unpaired) electrons. The highest BCUT2D eigenvalue weighted by Gasteiger charge is 2.42. The number of likely N-dealkylation sites (N-methyl/N-ethyl adjacent to an activating group) is 1. The van der Waals surface area contributed by atoms with E-state index in [1.54, 1.807) is 0 Å². The van der Waals surface area contributed by atoms with E-state index < -0.39 is 17.6 Å². The van der Waals surface area contributed by atoms with Crippen LogP contribution in [0.5, 0.6) is 0 Å². The first kappa shape index (κ1) is 20.3. The summed E-state index contributed by atoms with van der Waals surface area (Å²) in [6, 6.07) is 17.3. The Balaban J connectivity index is 1.80. The highest BCUT2D eigenvalue weighted by atomic mass is 35.5. The van der Waals surface area contributed by atoms with Gasteiger partial charge in [0.25, 0.3) is 11.8 Å². The van der Waals surface area contributed by atoms with Crippen molar-refractivity contribution in [3.8, 4) is 0 Å². The molecule has 0 aliphatic carbocycles. The molecule has 1 aromatic heterocycles. The van der Waals surface area contributed by atoms with E-state index in [9.17, 15) is 14.0 Å². The fraction of sp³-hybridized carbons (Fsp3) is 0.130. The normalized spacial score (nSPS) is 14.0. The van der Waals surface area contributed by atoms with Gasteiger partial charge in [-0.05, 0) is 42.1 Å². The molecule has 2 heterocycles. The summed E-state index contributed by atoms with van der Waals surface area (Å²) in [5.74, 6) is -1.49. The molecule has 152 valence electrons. The number of amides is 2. The van der Waals surface area contributed by atoms with Crippen molar-refractivity contribution in [2.45, 2.75) is 13.5 Å². The van der Waals surface area contributed by atoms with Crippen molar-refractivity contribution in [3.63, 3.8) is 0 Å². The average molecular weight is 441 g/mol. The van der Waals surface area contributed by atoms with E-state index in [1.807, 2.05) is 59.7 Å². The van der Waals surface area contributed by atoms with E-state index in [0.29, 0.717) is 29.2 Å². The molecule has 2 aromatic carbocycles. The highest BCUT2D eigenvalue weighted by molar-refractivity contribution is 7.11. The van der Waals surface area contributed by atoms with E-state index in [1.165, 1.54) is 23.5 Å². The van der Waals surface area contributed by atoms with E-state index in [-0.39, 0.29) is 10.7 Å². The van der Waals surface area contributed by atoms with Gasteiger partial charge in [-0.2, -0.15) is 0 Å². The van der Waals surface area contributed by atoms with Crippen molar-refractivity contribution in [2.75, 3.05) is 11.4 Å². The maximum Gasteiger partial charge on any atom is 0.282 e. The van der Waals surface area contributed by atoms with Gasteiger partial charge in [-0.1, -0.05) is 48.0 Å². The zero-order valence-electron chi connectivity index (χ0n) is 16.1. The van der Waals surface area contributed by atoms with Gasteiger partial charge in [-0.15, -0.1) is 11.3 Å². The highest BCUT2D eigenvalue weighted by Crippen LogP contribution is 2.37. The second-order valence-electron chi connectivity index (χ2n) is 6.74. The predicted molar refractivity (Wildman–Crippen MR) is 118 cm³/mol. The topological polar surface area (TPSA) is 40.6 Å². The SMILES string of the molecule is CCN(Cc1ccccc1)C1=C(c2cccs2)C(=O)N(c2ccc(F)c(Cl)c2)C1=O. The largest absolute Gasteiger partial charge is 0.362 e. The number of hydrogen-bond acceptors (Lipinski definition) is 4. The molecule has 2 amide bonds. The van der Waals surface area contributed by atoms with Crippen molar-refractivity contribution in [2.24, 2.45) is 0 Å². The first-order chi connectivity index (χ1) is 14.5. The molecule has 0 unspecified atom stereocenters. The number of carbonyl (C=O) groups is 2. The van der Waals surface area contributed by atoms with Gasteiger partial charge < -0.3 is 4.90 Å². The van der Waals surface area contributed by atoms with Crippen LogP contribution < -0.4 is 4.90 Å². The summed E-state index contributed by atoms with van der Waals surface area (Å²) in [6.07, 6.45) is 0. The summed E-state index contributed by atoms with van der Waals surface area (Å²) in [5.41, 5.74) is 1.97. The third kappa shape index (κ3) is 3.64. The van der Waals surface area contributed by atoms with Crippen molar-refractivity contribution in [1.29, 1.82) is 0 Å². The number of thiophene rings is 1. The number of anilines is 1. The molecule has 0 fully saturated rings. The Kier molecular flexibility index (Phi) is 5.70. The summed E-state index contributed by atoms with van der Waals surface area (Å²) in [6.45, 7) is 2.96. The fourth-order valence-corrected chi connectivity index (χ4v) is 4.40. The molecule has 3 aromatic rings. The minimum atomic E-state index is -0.606. The second-order valence-corrected chi connectivity index (χ2v) is 8.10. The summed E-state index contributed by atoms with van der Waals surface area (Å²) < 4.78 is 13.6. The Morgan fingerprint density at radius 3 is 2.43 bits per heavy atom. The second kappa shape index (κ2) is 8.42. The minimum absolute atomic E-state index is 0.143. The first-order valence-corrected chi connectivity index (χ1v) is 10.7. The Bertz CT molecular complexity index is 1130. The molecular formula is C23H18ClFN2O2S. The smallest absolute Gasteiger partial charge is 0.282 e. The Morgan fingerprint density at radius 1 is 1.03 bits per heavy atom. The number of benzene rings is 2. The molecule has 30 heavy (non-hydrogen) atoms. The lowest BCUT2D eigenvalue weighted by Crippen LogP contribution is -2.35. The number of carbonyl (C=O) groups excluding carboxylic acids is 2. The van der Waals surface area contributed by atoms with Gasteiger partial charge in [0, 0.05) is 18.0 Å². The van der Waals surface area contributed by atoms with Crippen LogP contribution in [0, 0.1) is 5.82 Å². The number of halogens is 2. The molecule has 1 aliphatic heterocycles. The van der Waals surface area contributed by atoms with E-state index in [0.717, 1.165) is 16.5 Å². The molecule has 0 spiro atoms. The third-order valence-electron chi connectivity index (χ3n) is 4.90. The van der Waals surface area contributed by atoms with E-state index >= 15 is 0 Å². The lowest BCUT2D eigenvalue weighted by Gasteiger charge is -2.25. The maximum absolute atomic E-state index is 13.6. The van der Waals surface area contributed by atoms with Crippen LogP contribution in [0.25, 0.3) is 5.57 Å². The third-order valence-corrected chi connectivity index (χ3v) is 6.08. The van der Waals surface area contributed by atoms with Crippen LogP contribution in [0.3, 0.4) is 0 Å². The summed E-state index contributed by atoms with van der Waals surface area (Å²) >= 11 is 7.31. The van der Waals surface area contributed by atoms with Crippen LogP contribution in [-0.2, 0) is 16.1 Å². The van der Waals surface area contributed by atoms with Gasteiger partial charge in [-0.3, -0.25) is 9.59 Å².